The predicted molar refractivity (Wildman–Crippen MR) is 174 cm³/mol. The van der Waals surface area contributed by atoms with E-state index in [1.54, 1.807) is 32.9 Å². The van der Waals surface area contributed by atoms with E-state index in [2.05, 4.69) is 11.6 Å². The molecule has 2 unspecified atom stereocenters. The molecule has 1 aromatic rings. The van der Waals surface area contributed by atoms with E-state index in [-0.39, 0.29) is 17.6 Å². The van der Waals surface area contributed by atoms with Crippen LogP contribution in [-0.4, -0.2) is 82.2 Å². The number of fused-ring (bicyclic) bond motifs is 1. The highest BCUT2D eigenvalue weighted by molar-refractivity contribution is 5.94. The molecule has 1 heterocycles. The molecule has 0 radical (unpaired) electrons. The van der Waals surface area contributed by atoms with Gasteiger partial charge in [-0.1, -0.05) is 39.5 Å². The van der Waals surface area contributed by atoms with Gasteiger partial charge in [-0.25, -0.2) is 4.79 Å². The van der Waals surface area contributed by atoms with E-state index < -0.39 is 101 Å². The van der Waals surface area contributed by atoms with E-state index in [0.717, 1.165) is 34.6 Å². The van der Waals surface area contributed by atoms with Crippen molar-refractivity contribution in [3.8, 4) is 0 Å². The molecule has 8 atom stereocenters. The lowest BCUT2D eigenvalue weighted by Crippen LogP contribution is -2.57. The molecule has 1 saturated carbocycles. The Bertz CT molecular complexity index is 1570. The average Bonchev–Trinajstić information content (AvgIpc) is 3.22. The van der Waals surface area contributed by atoms with Crippen LogP contribution in [0.15, 0.2) is 48.8 Å². The summed E-state index contributed by atoms with van der Waals surface area (Å²) in [6.07, 6.45) is -0.387. The van der Waals surface area contributed by atoms with Gasteiger partial charge in [0.25, 0.3) is 0 Å². The fraction of sp³-hybridized carbons (Fsp3) is 0.556. The van der Waals surface area contributed by atoms with E-state index in [9.17, 15) is 33.6 Å². The Morgan fingerprint density at radius 1 is 0.840 bits per heavy atom. The van der Waals surface area contributed by atoms with Crippen LogP contribution < -0.4 is 0 Å². The fourth-order valence-electron chi connectivity index (χ4n) is 6.80. The van der Waals surface area contributed by atoms with Crippen LogP contribution in [0.5, 0.6) is 0 Å². The van der Waals surface area contributed by atoms with Gasteiger partial charge in [0.2, 0.25) is 0 Å². The van der Waals surface area contributed by atoms with Gasteiger partial charge in [0.15, 0.2) is 23.1 Å². The second kappa shape index (κ2) is 15.3. The zero-order valence-electron chi connectivity index (χ0n) is 29.8. The van der Waals surface area contributed by atoms with E-state index in [0.29, 0.717) is 0 Å². The van der Waals surface area contributed by atoms with Crippen molar-refractivity contribution in [2.45, 2.75) is 111 Å². The van der Waals surface area contributed by atoms with Crippen LogP contribution in [0.2, 0.25) is 0 Å². The number of hydrogen-bond acceptors (Lipinski definition) is 14. The number of ketones is 1. The maximum atomic E-state index is 14.8. The number of allylic oxidation sites excluding steroid dienone is 1. The second-order valence-corrected chi connectivity index (χ2v) is 13.5. The Morgan fingerprint density at radius 3 is 1.96 bits per heavy atom. The SMILES string of the molecule is C=C1C(OC(C)=O)[C@H]2[C@@H](OC(C)=O)[C@](C)(OC(C)=O)C[C@]2(OC(C)=O)C(=O)[C@H](C)/C=C\C(C)(C)C(OC(=O)c2cccnc2)C[C@H]1OC(C)=O. The second-order valence-electron chi connectivity index (χ2n) is 13.5. The number of esters is 6. The average molecular weight is 700 g/mol. The molecule has 3 rings (SSSR count). The van der Waals surface area contributed by atoms with Crippen molar-refractivity contribution in [3.63, 3.8) is 0 Å². The van der Waals surface area contributed by atoms with E-state index in [1.165, 1.54) is 31.5 Å². The van der Waals surface area contributed by atoms with Crippen molar-refractivity contribution < 1.29 is 62.0 Å². The molecule has 2 aliphatic carbocycles. The molecular formula is C36H45NO13. The summed E-state index contributed by atoms with van der Waals surface area (Å²) in [5.41, 5.74) is -5.08. The Kier molecular flexibility index (Phi) is 12.1. The number of carbonyl (C=O) groups excluding carboxylic acids is 7. The lowest BCUT2D eigenvalue weighted by Gasteiger charge is -2.42. The minimum atomic E-state index is -2.25. The number of pyridine rings is 1. The number of carbonyl (C=O) groups is 7. The molecule has 14 nitrogen and oxygen atoms in total. The predicted octanol–water partition coefficient (Wildman–Crippen LogP) is 3.79. The smallest absolute Gasteiger partial charge is 0.340 e. The molecule has 0 aromatic carbocycles. The van der Waals surface area contributed by atoms with Crippen molar-refractivity contribution in [3.05, 3.63) is 54.4 Å². The van der Waals surface area contributed by atoms with Crippen molar-refractivity contribution in [2.24, 2.45) is 17.3 Å². The molecule has 0 aliphatic heterocycles. The van der Waals surface area contributed by atoms with E-state index >= 15 is 0 Å². The highest BCUT2D eigenvalue weighted by atomic mass is 16.6. The quantitative estimate of drug-likeness (QED) is 0.227. The summed E-state index contributed by atoms with van der Waals surface area (Å²) in [5.74, 6) is -8.29. The van der Waals surface area contributed by atoms with Gasteiger partial charge in [-0.2, -0.15) is 0 Å². The molecule has 0 bridgehead atoms. The van der Waals surface area contributed by atoms with Gasteiger partial charge in [0, 0.05) is 76.8 Å². The number of aromatic nitrogens is 1. The van der Waals surface area contributed by atoms with Gasteiger partial charge in [0.1, 0.15) is 18.3 Å². The molecule has 50 heavy (non-hydrogen) atoms. The van der Waals surface area contributed by atoms with Crippen molar-refractivity contribution in [1.29, 1.82) is 0 Å². The van der Waals surface area contributed by atoms with Gasteiger partial charge in [0.05, 0.1) is 11.5 Å². The van der Waals surface area contributed by atoms with Crippen molar-refractivity contribution >= 4 is 41.6 Å². The molecule has 0 spiro atoms. The summed E-state index contributed by atoms with van der Waals surface area (Å²) < 4.78 is 34.9. The topological polar surface area (TPSA) is 188 Å². The summed E-state index contributed by atoms with van der Waals surface area (Å²) >= 11 is 0. The Morgan fingerprint density at radius 2 is 1.44 bits per heavy atom. The van der Waals surface area contributed by atoms with E-state index in [4.69, 9.17) is 28.4 Å². The monoisotopic (exact) mass is 699 g/mol. The first-order chi connectivity index (χ1) is 23.1. The van der Waals surface area contributed by atoms with Crippen molar-refractivity contribution in [2.75, 3.05) is 0 Å². The highest BCUT2D eigenvalue weighted by Crippen LogP contribution is 2.54. The first-order valence-electron chi connectivity index (χ1n) is 16.1. The van der Waals surface area contributed by atoms with E-state index in [1.807, 2.05) is 0 Å². The third-order valence-corrected chi connectivity index (χ3v) is 8.83. The molecule has 0 N–H and O–H groups in total. The zero-order chi connectivity index (χ0) is 37.8. The summed E-state index contributed by atoms with van der Waals surface area (Å²) in [5, 5.41) is 0. The van der Waals surface area contributed by atoms with Gasteiger partial charge >= 0.3 is 35.8 Å². The number of Topliss-reactive ketones (excluding diaryl/α,β-unsaturated/α-hetero) is 1. The van der Waals surface area contributed by atoms with Gasteiger partial charge in [-0.15, -0.1) is 0 Å². The maximum Gasteiger partial charge on any atom is 0.340 e. The number of ether oxygens (including phenoxy) is 6. The number of nitrogens with zero attached hydrogens (tertiary/aromatic N) is 1. The molecule has 0 amide bonds. The first-order valence-corrected chi connectivity index (χ1v) is 16.1. The molecule has 272 valence electrons. The molecule has 1 fully saturated rings. The summed E-state index contributed by atoms with van der Waals surface area (Å²) in [6.45, 7) is 16.0. The van der Waals surface area contributed by atoms with Crippen LogP contribution in [0.1, 0.15) is 85.5 Å². The summed E-state index contributed by atoms with van der Waals surface area (Å²) in [4.78, 5) is 95.5. The Hall–Kier alpha value is -4.88. The van der Waals surface area contributed by atoms with Crippen LogP contribution >= 0.6 is 0 Å². The lowest BCUT2D eigenvalue weighted by atomic mass is 9.72. The third kappa shape index (κ3) is 8.82. The van der Waals surface area contributed by atoms with Crippen LogP contribution in [0.3, 0.4) is 0 Å². The van der Waals surface area contributed by atoms with Gasteiger partial charge < -0.3 is 28.4 Å². The normalized spacial score (nSPS) is 31.4. The standard InChI is InChI=1S/C36H45NO13/c1-19-13-14-34(8,9)28(48-33(44)26-12-11-15-37-17-26)16-27(45-21(3)38)20(2)30(46-22(4)39)29-32(47-23(5)40)35(10,49-24(6)41)18-36(29,31(19)43)50-25(7)42/h11-15,17,19,27-30,32H,2,16,18H2,1,3-10H3/b14-13-/t19-,27-,28?,29+,30?,32-,35-,36-/m1/s1. The first kappa shape index (κ1) is 39.6. The minimum absolute atomic E-state index is 0.121. The number of rotatable bonds is 7. The number of hydrogen-bond donors (Lipinski definition) is 0. The van der Waals surface area contributed by atoms with Crippen molar-refractivity contribution in [1.82, 2.24) is 4.98 Å². The summed E-state index contributed by atoms with van der Waals surface area (Å²) in [7, 11) is 0. The molecule has 2 aliphatic rings. The molecule has 14 heteroatoms. The van der Waals surface area contributed by atoms with Crippen LogP contribution in [-0.2, 0) is 57.2 Å². The molecule has 0 saturated heterocycles. The third-order valence-electron chi connectivity index (χ3n) is 8.83. The van der Waals surface area contributed by atoms with Crippen LogP contribution in [0, 0.1) is 17.3 Å². The Balaban J connectivity index is 2.41. The fourth-order valence-corrected chi connectivity index (χ4v) is 6.80. The summed E-state index contributed by atoms with van der Waals surface area (Å²) in [6, 6.07) is 3.07. The molecular weight excluding hydrogens is 654 g/mol. The maximum absolute atomic E-state index is 14.8. The minimum Gasteiger partial charge on any atom is -0.458 e. The largest absolute Gasteiger partial charge is 0.458 e. The lowest BCUT2D eigenvalue weighted by molar-refractivity contribution is -0.190. The Labute approximate surface area is 290 Å². The van der Waals surface area contributed by atoms with Gasteiger partial charge in [-0.3, -0.25) is 33.8 Å². The molecule has 1 aromatic heterocycles. The van der Waals surface area contributed by atoms with Crippen LogP contribution in [0.4, 0.5) is 0 Å². The zero-order valence-corrected chi connectivity index (χ0v) is 29.8. The van der Waals surface area contributed by atoms with Gasteiger partial charge in [-0.05, 0) is 19.1 Å². The van der Waals surface area contributed by atoms with Crippen LogP contribution in [0.25, 0.3) is 0 Å². The highest BCUT2D eigenvalue weighted by Gasteiger charge is 2.71.